The molecule has 35 heavy (non-hydrogen) atoms. The summed E-state index contributed by atoms with van der Waals surface area (Å²) in [7, 11) is 0. The van der Waals surface area contributed by atoms with E-state index in [0.29, 0.717) is 30.9 Å². The van der Waals surface area contributed by atoms with Crippen molar-refractivity contribution < 1.29 is 19.1 Å². The molecule has 8 heteroatoms. The lowest BCUT2D eigenvalue weighted by Gasteiger charge is -2.31. The Kier molecular flexibility index (Phi) is 10.7. The van der Waals surface area contributed by atoms with Gasteiger partial charge in [-0.15, -0.1) is 0 Å². The standard InChI is InChI=1S/C26H30N2O4.CH4.2H2S/c29-22-16-32-23-13-14-28(24(22)23)26(31)21(15-17-7-2-1-3-8-17)27-25(30)20-12-6-10-18-9-4-5-11-19(18)20;;;/h4-6,9-12,17,21,23-24H,1-3,7-8,13-16H2,(H,27,30);1H4;2*1H2/t21-,23+,24+;;;/m0.../s1. The van der Waals surface area contributed by atoms with E-state index in [4.69, 9.17) is 4.74 Å². The van der Waals surface area contributed by atoms with Crippen LogP contribution in [0.1, 0.15) is 62.7 Å². The molecule has 2 aromatic rings. The lowest BCUT2D eigenvalue weighted by Crippen LogP contribution is -2.53. The zero-order chi connectivity index (χ0) is 22.1. The number of hydrogen-bond donors (Lipinski definition) is 1. The number of likely N-dealkylation sites (tertiary alicyclic amines) is 1. The Hall–Kier alpha value is -2.03. The predicted molar refractivity (Wildman–Crippen MR) is 149 cm³/mol. The zero-order valence-corrected chi connectivity index (χ0v) is 21.3. The summed E-state index contributed by atoms with van der Waals surface area (Å²) in [5, 5.41) is 4.93. The lowest BCUT2D eigenvalue weighted by molar-refractivity contribution is -0.138. The van der Waals surface area contributed by atoms with Gasteiger partial charge >= 0.3 is 0 Å². The van der Waals surface area contributed by atoms with E-state index in [1.807, 2.05) is 36.4 Å². The molecule has 0 bridgehead atoms. The summed E-state index contributed by atoms with van der Waals surface area (Å²) in [5.74, 6) is 0.00769. The first-order chi connectivity index (χ1) is 15.6. The van der Waals surface area contributed by atoms with E-state index in [0.717, 1.165) is 23.6 Å². The van der Waals surface area contributed by atoms with Gasteiger partial charge in [-0.25, -0.2) is 0 Å². The van der Waals surface area contributed by atoms with Crippen LogP contribution in [0.25, 0.3) is 10.8 Å². The van der Waals surface area contributed by atoms with Crippen LogP contribution >= 0.6 is 27.0 Å². The zero-order valence-electron chi connectivity index (χ0n) is 19.3. The highest BCUT2D eigenvalue weighted by Crippen LogP contribution is 2.31. The maximum atomic E-state index is 13.6. The molecule has 1 N–H and O–H groups in total. The molecular formula is C27H38N2O4S2. The van der Waals surface area contributed by atoms with Gasteiger partial charge in [0.2, 0.25) is 5.91 Å². The first-order valence-electron chi connectivity index (χ1n) is 11.9. The largest absolute Gasteiger partial charge is 0.368 e. The Labute approximate surface area is 222 Å². The molecular weight excluding hydrogens is 480 g/mol. The molecule has 0 unspecified atom stereocenters. The number of ether oxygens (including phenoxy) is 1. The van der Waals surface area contributed by atoms with Crippen LogP contribution in [0.2, 0.25) is 0 Å². The number of hydrogen-bond acceptors (Lipinski definition) is 4. The number of carbonyl (C=O) groups is 3. The second kappa shape index (κ2) is 12.8. The van der Waals surface area contributed by atoms with Gasteiger partial charge in [-0.1, -0.05) is 75.9 Å². The van der Waals surface area contributed by atoms with Gasteiger partial charge in [-0.05, 0) is 35.6 Å². The smallest absolute Gasteiger partial charge is 0.252 e. The van der Waals surface area contributed by atoms with Gasteiger partial charge in [0.25, 0.3) is 5.91 Å². The molecule has 6 nitrogen and oxygen atoms in total. The van der Waals surface area contributed by atoms with Crippen LogP contribution in [0.15, 0.2) is 42.5 Å². The molecule has 192 valence electrons. The molecule has 3 aliphatic rings. The van der Waals surface area contributed by atoms with Crippen molar-refractivity contribution in [2.75, 3.05) is 13.2 Å². The average molecular weight is 519 g/mol. The van der Waals surface area contributed by atoms with Crippen molar-refractivity contribution in [2.45, 2.75) is 70.6 Å². The second-order valence-electron chi connectivity index (χ2n) is 9.37. The molecule has 2 heterocycles. The summed E-state index contributed by atoms with van der Waals surface area (Å²) >= 11 is 0. The fraction of sp³-hybridized carbons (Fsp3) is 0.519. The fourth-order valence-corrected chi connectivity index (χ4v) is 5.68. The number of rotatable bonds is 5. The van der Waals surface area contributed by atoms with Gasteiger partial charge in [0, 0.05) is 12.1 Å². The normalized spacial score (nSPS) is 22.4. The first kappa shape index (κ1) is 29.2. The van der Waals surface area contributed by atoms with Gasteiger partial charge in [-0.3, -0.25) is 14.4 Å². The van der Waals surface area contributed by atoms with Crippen LogP contribution in [0.4, 0.5) is 0 Å². The third kappa shape index (κ3) is 6.04. The van der Waals surface area contributed by atoms with E-state index in [9.17, 15) is 14.4 Å². The third-order valence-electron chi connectivity index (χ3n) is 7.33. The number of carbonyl (C=O) groups excluding carboxylic acids is 3. The van der Waals surface area contributed by atoms with Crippen molar-refractivity contribution in [1.82, 2.24) is 10.2 Å². The topological polar surface area (TPSA) is 75.7 Å². The van der Waals surface area contributed by atoms with Crippen LogP contribution in [-0.4, -0.2) is 53.8 Å². The van der Waals surface area contributed by atoms with Crippen molar-refractivity contribution in [3.63, 3.8) is 0 Å². The van der Waals surface area contributed by atoms with Crippen LogP contribution in [0, 0.1) is 5.92 Å². The number of amides is 2. The maximum absolute atomic E-state index is 13.6. The number of nitrogens with one attached hydrogen (secondary N) is 1. The van der Waals surface area contributed by atoms with E-state index in [2.05, 4.69) is 5.32 Å². The van der Waals surface area contributed by atoms with Gasteiger partial charge < -0.3 is 15.0 Å². The van der Waals surface area contributed by atoms with Crippen LogP contribution in [0.3, 0.4) is 0 Å². The van der Waals surface area contributed by atoms with E-state index in [-0.39, 0.29) is 64.7 Å². The number of fused-ring (bicyclic) bond motifs is 2. The van der Waals surface area contributed by atoms with Crippen molar-refractivity contribution in [3.05, 3.63) is 48.0 Å². The monoisotopic (exact) mass is 518 g/mol. The number of benzene rings is 2. The molecule has 1 saturated carbocycles. The van der Waals surface area contributed by atoms with Crippen LogP contribution in [-0.2, 0) is 14.3 Å². The van der Waals surface area contributed by atoms with Crippen LogP contribution in [0.5, 0.6) is 0 Å². The summed E-state index contributed by atoms with van der Waals surface area (Å²) in [5.41, 5.74) is 0.573. The molecule has 2 aliphatic heterocycles. The highest BCUT2D eigenvalue weighted by molar-refractivity contribution is 7.59. The molecule has 0 aromatic heterocycles. The van der Waals surface area contributed by atoms with E-state index in [1.165, 1.54) is 19.3 Å². The molecule has 0 radical (unpaired) electrons. The van der Waals surface area contributed by atoms with Crippen molar-refractivity contribution in [3.8, 4) is 0 Å². The molecule has 1 aliphatic carbocycles. The van der Waals surface area contributed by atoms with E-state index >= 15 is 0 Å². The molecule has 3 fully saturated rings. The van der Waals surface area contributed by atoms with Crippen LogP contribution < -0.4 is 5.32 Å². The van der Waals surface area contributed by atoms with Crippen molar-refractivity contribution in [1.29, 1.82) is 0 Å². The van der Waals surface area contributed by atoms with E-state index < -0.39 is 12.1 Å². The number of nitrogens with zero attached hydrogens (tertiary/aromatic N) is 1. The Morgan fingerprint density at radius 2 is 1.71 bits per heavy atom. The minimum atomic E-state index is -0.628. The Morgan fingerprint density at radius 3 is 2.49 bits per heavy atom. The minimum absolute atomic E-state index is 0. The van der Waals surface area contributed by atoms with Crippen molar-refractivity contribution >= 4 is 55.4 Å². The SMILES string of the molecule is C.O=C(N[C@@H](CC1CCCCC1)C(=O)N1CC[C@H]2OCC(=O)[C@H]21)c1cccc2ccccc12.S.S. The average Bonchev–Trinajstić information content (AvgIpc) is 3.41. The fourth-order valence-electron chi connectivity index (χ4n) is 5.68. The number of ketones is 1. The minimum Gasteiger partial charge on any atom is -0.368 e. The highest BCUT2D eigenvalue weighted by atomic mass is 32.1. The maximum Gasteiger partial charge on any atom is 0.252 e. The molecule has 5 rings (SSSR count). The summed E-state index contributed by atoms with van der Waals surface area (Å²) in [6.07, 6.45) is 6.85. The van der Waals surface area contributed by atoms with Gasteiger partial charge in [0.1, 0.15) is 18.7 Å². The summed E-state index contributed by atoms with van der Waals surface area (Å²) in [4.78, 5) is 41.0. The van der Waals surface area contributed by atoms with Gasteiger partial charge in [0.15, 0.2) is 5.78 Å². The van der Waals surface area contributed by atoms with Crippen molar-refractivity contribution in [2.24, 2.45) is 5.92 Å². The molecule has 2 aromatic carbocycles. The quantitative estimate of drug-likeness (QED) is 0.639. The summed E-state index contributed by atoms with van der Waals surface area (Å²) in [6, 6.07) is 12.3. The summed E-state index contributed by atoms with van der Waals surface area (Å²) < 4.78 is 5.57. The Bertz CT molecular complexity index is 1040. The third-order valence-corrected chi connectivity index (χ3v) is 7.33. The number of Topliss-reactive ketones (excluding diaryl/α,β-unsaturated/α-hetero) is 1. The predicted octanol–water partition coefficient (Wildman–Crippen LogP) is 4.34. The Morgan fingerprint density at radius 1 is 1.00 bits per heavy atom. The molecule has 2 saturated heterocycles. The molecule has 2 amide bonds. The summed E-state index contributed by atoms with van der Waals surface area (Å²) in [6.45, 7) is 0.583. The van der Waals surface area contributed by atoms with E-state index in [1.54, 1.807) is 11.0 Å². The first-order valence-corrected chi connectivity index (χ1v) is 11.9. The second-order valence-corrected chi connectivity index (χ2v) is 9.37. The lowest BCUT2D eigenvalue weighted by atomic mass is 9.84. The van der Waals surface area contributed by atoms with Gasteiger partial charge in [-0.2, -0.15) is 27.0 Å². The molecule has 3 atom stereocenters. The molecule has 0 spiro atoms. The Balaban J connectivity index is 0.00000144. The van der Waals surface area contributed by atoms with Gasteiger partial charge in [0.05, 0.1) is 6.10 Å². The highest BCUT2D eigenvalue weighted by Gasteiger charge is 2.48.